The first kappa shape index (κ1) is 55.1. The van der Waals surface area contributed by atoms with Crippen LogP contribution in [0.3, 0.4) is 0 Å². The highest BCUT2D eigenvalue weighted by atomic mass is 32.2. The maximum absolute atomic E-state index is 11.6. The van der Waals surface area contributed by atoms with Crippen LogP contribution in [0.15, 0.2) is 120 Å². The van der Waals surface area contributed by atoms with Crippen molar-refractivity contribution in [1.29, 1.82) is 0 Å². The van der Waals surface area contributed by atoms with E-state index >= 15 is 0 Å². The molecule has 0 heterocycles. The number of methoxy groups -OCH3 is 2. The van der Waals surface area contributed by atoms with Crippen LogP contribution in [0.5, 0.6) is 11.5 Å². The highest BCUT2D eigenvalue weighted by molar-refractivity contribution is 7.85. The first-order valence-electron chi connectivity index (χ1n) is 27.7. The monoisotopic (exact) mass is 995 g/mol. The highest BCUT2D eigenvalue weighted by Gasteiger charge is 2.39. The summed E-state index contributed by atoms with van der Waals surface area (Å²) in [4.78, 5) is -0.0666. The number of hydrogen-bond donors (Lipinski definition) is 2. The molecular formula is C65H86O6S. The average molecular weight is 995 g/mol. The first-order chi connectivity index (χ1) is 34.7. The fraction of sp³-hybridized carbons (Fsp3) is 0.508. The summed E-state index contributed by atoms with van der Waals surface area (Å²) in [7, 11) is -0.608. The molecule has 5 aromatic carbocycles. The Bertz CT molecular complexity index is 2590. The number of aryl methyl sites for hydroxylation is 3. The van der Waals surface area contributed by atoms with E-state index in [9.17, 15) is 13.5 Å². The zero-order valence-electron chi connectivity index (χ0n) is 44.8. The van der Waals surface area contributed by atoms with Crippen molar-refractivity contribution >= 4 is 15.7 Å². The van der Waals surface area contributed by atoms with Crippen LogP contribution in [0.2, 0.25) is 0 Å². The summed E-state index contributed by atoms with van der Waals surface area (Å²) >= 11 is 0. The molecule has 0 saturated heterocycles. The van der Waals surface area contributed by atoms with E-state index in [1.54, 1.807) is 31.9 Å². The van der Waals surface area contributed by atoms with Gasteiger partial charge in [-0.25, -0.2) is 0 Å². The topological polar surface area (TPSA) is 93.1 Å². The summed E-state index contributed by atoms with van der Waals surface area (Å²) < 4.78 is 40.1. The van der Waals surface area contributed by atoms with Crippen LogP contribution < -0.4 is 9.47 Å². The summed E-state index contributed by atoms with van der Waals surface area (Å²) in [6.07, 6.45) is 27.9. The maximum Gasteiger partial charge on any atom is 0.294 e. The minimum atomic E-state index is -4.02. The van der Waals surface area contributed by atoms with Gasteiger partial charge in [-0.3, -0.25) is 4.55 Å². The van der Waals surface area contributed by atoms with Gasteiger partial charge in [0.1, 0.15) is 11.5 Å². The third-order valence-corrected chi connectivity index (χ3v) is 18.2. The number of benzene rings is 5. The molecule has 3 saturated carbocycles. The molecule has 0 aliphatic heterocycles. The Kier molecular flexibility index (Phi) is 19.9. The van der Waals surface area contributed by atoms with Crippen molar-refractivity contribution in [3.05, 3.63) is 143 Å². The quantitative estimate of drug-likeness (QED) is 0.114. The highest BCUT2D eigenvalue weighted by Crippen LogP contribution is 2.48. The number of hydrogen-bond acceptors (Lipinski definition) is 5. The van der Waals surface area contributed by atoms with E-state index < -0.39 is 15.7 Å². The van der Waals surface area contributed by atoms with Gasteiger partial charge in [-0.1, -0.05) is 150 Å². The lowest BCUT2D eigenvalue weighted by atomic mass is 9.66. The summed E-state index contributed by atoms with van der Waals surface area (Å²) in [6.45, 7) is 10.9. The summed E-state index contributed by atoms with van der Waals surface area (Å²) in [5, 5.41) is 11.6. The Morgan fingerprint density at radius 3 is 1.43 bits per heavy atom. The number of aliphatic hydroxyl groups is 1. The van der Waals surface area contributed by atoms with E-state index in [1.807, 2.05) is 31.2 Å². The Labute approximate surface area is 434 Å². The molecule has 0 spiro atoms. The number of ether oxygens (including phenoxy) is 2. The van der Waals surface area contributed by atoms with Gasteiger partial charge in [-0.05, 0) is 213 Å². The van der Waals surface area contributed by atoms with Crippen molar-refractivity contribution < 1.29 is 27.6 Å². The van der Waals surface area contributed by atoms with Crippen LogP contribution in [0.4, 0.5) is 0 Å². The average Bonchev–Trinajstić information content (AvgIpc) is 3.40. The van der Waals surface area contributed by atoms with E-state index in [0.29, 0.717) is 0 Å². The Balaban J connectivity index is 0.000000175. The first-order valence-corrected chi connectivity index (χ1v) is 29.1. The lowest BCUT2D eigenvalue weighted by Crippen LogP contribution is -2.35. The second kappa shape index (κ2) is 26.0. The lowest BCUT2D eigenvalue weighted by molar-refractivity contribution is -0.0265. The van der Waals surface area contributed by atoms with Gasteiger partial charge in [0.25, 0.3) is 10.1 Å². The van der Waals surface area contributed by atoms with Crippen LogP contribution in [-0.2, 0) is 15.7 Å². The van der Waals surface area contributed by atoms with Crippen molar-refractivity contribution in [3.63, 3.8) is 0 Å². The molecule has 1 unspecified atom stereocenters. The Hall–Kier alpha value is -4.69. The van der Waals surface area contributed by atoms with Crippen LogP contribution in [0, 0.1) is 56.3 Å². The van der Waals surface area contributed by atoms with Gasteiger partial charge in [0, 0.05) is 0 Å². The van der Waals surface area contributed by atoms with E-state index in [4.69, 9.17) is 14.0 Å². The zero-order chi connectivity index (χ0) is 51.3. The van der Waals surface area contributed by atoms with Crippen molar-refractivity contribution in [1.82, 2.24) is 0 Å². The number of rotatable bonds is 13. The molecule has 2 N–H and O–H groups in total. The summed E-state index contributed by atoms with van der Waals surface area (Å²) in [6, 6.07) is 36.1. The van der Waals surface area contributed by atoms with Crippen molar-refractivity contribution in [3.8, 4) is 33.8 Å². The van der Waals surface area contributed by atoms with Gasteiger partial charge in [0.05, 0.1) is 24.7 Å². The second-order valence-corrected chi connectivity index (χ2v) is 23.5. The second-order valence-electron chi connectivity index (χ2n) is 22.1. The molecule has 388 valence electrons. The third-order valence-electron chi connectivity index (χ3n) is 17.3. The third kappa shape index (κ3) is 14.8. The van der Waals surface area contributed by atoms with Gasteiger partial charge in [0.2, 0.25) is 0 Å². The van der Waals surface area contributed by atoms with Crippen LogP contribution in [-0.4, -0.2) is 32.3 Å². The van der Waals surface area contributed by atoms with Gasteiger partial charge in [-0.2, -0.15) is 8.42 Å². The van der Waals surface area contributed by atoms with Crippen molar-refractivity contribution in [2.75, 3.05) is 14.2 Å². The molecule has 0 bridgehead atoms. The molecule has 4 aliphatic carbocycles. The maximum atomic E-state index is 11.6. The van der Waals surface area contributed by atoms with E-state index in [1.165, 1.54) is 160 Å². The van der Waals surface area contributed by atoms with Gasteiger partial charge >= 0.3 is 0 Å². The predicted molar refractivity (Wildman–Crippen MR) is 299 cm³/mol. The predicted octanol–water partition coefficient (Wildman–Crippen LogP) is 17.4. The normalized spacial score (nSPS) is 24.4. The largest absolute Gasteiger partial charge is 0.497 e. The Morgan fingerprint density at radius 2 is 1.00 bits per heavy atom. The molecule has 0 amide bonds. The summed E-state index contributed by atoms with van der Waals surface area (Å²) in [5.41, 5.74) is 12.0. The van der Waals surface area contributed by atoms with Gasteiger partial charge in [-0.15, -0.1) is 0 Å². The standard InChI is InChI=1S/C29H40O2.C29H38O.C7H8O3S/c1-4-5-22-6-8-23(9-7-22)25-16-18-29(30,19-17-25)28-15-12-26(20-21(28)2)24-10-13-27(31-3)14-11-24;1-4-5-22-6-8-23(9-7-22)24-10-12-26(13-11-24)29-19-16-27(20-21(29)2)25-14-17-28(30-3)18-15-25;1-6-2-4-7(5-3-6)11(8,9)10/h10-15,20,22-23,25,30H,4-9,16-19H2,1-3H3;12,14-20,22-24H,4-11,13H2,1-3H3;2-5H,1H3,(H,8,9,10). The molecule has 4 aliphatic rings. The molecule has 7 heteroatoms. The molecule has 72 heavy (non-hydrogen) atoms. The Morgan fingerprint density at radius 1 is 0.542 bits per heavy atom. The molecule has 9 rings (SSSR count). The van der Waals surface area contributed by atoms with Crippen molar-refractivity contribution in [2.24, 2.45) is 35.5 Å². The molecule has 3 fully saturated rings. The van der Waals surface area contributed by atoms with E-state index in [0.717, 1.165) is 71.0 Å². The minimum absolute atomic E-state index is 0.0666. The van der Waals surface area contributed by atoms with E-state index in [-0.39, 0.29) is 4.90 Å². The molecule has 5 aromatic rings. The van der Waals surface area contributed by atoms with Gasteiger partial charge < -0.3 is 14.6 Å². The molecule has 6 nitrogen and oxygen atoms in total. The molecular weight excluding hydrogens is 909 g/mol. The SMILES string of the molecule is CCCC1CCC(C2CC=C(c3ccc(-c4ccc(OC)cc4)cc3C)CC2)CC1.CCCC1CCC(C2CCC(O)(c3ccc(-c4ccc(OC)cc4)cc3C)CC2)CC1.Cc1ccc(S(=O)(=O)O)cc1. The number of allylic oxidation sites excluding steroid dienone is 2. The fourth-order valence-corrected chi connectivity index (χ4v) is 13.4. The smallest absolute Gasteiger partial charge is 0.294 e. The van der Waals surface area contributed by atoms with Crippen molar-refractivity contribution in [2.45, 2.75) is 167 Å². The fourth-order valence-electron chi connectivity index (χ4n) is 12.9. The molecule has 0 radical (unpaired) electrons. The minimum Gasteiger partial charge on any atom is -0.497 e. The van der Waals surface area contributed by atoms with E-state index in [2.05, 4.69) is 94.4 Å². The molecule has 0 aromatic heterocycles. The van der Waals surface area contributed by atoms with Crippen LogP contribution >= 0.6 is 0 Å². The lowest BCUT2D eigenvalue weighted by Gasteiger charge is -2.42. The van der Waals surface area contributed by atoms with Gasteiger partial charge in [0.15, 0.2) is 0 Å². The van der Waals surface area contributed by atoms with Crippen LogP contribution in [0.1, 0.15) is 164 Å². The van der Waals surface area contributed by atoms with Crippen LogP contribution in [0.25, 0.3) is 27.8 Å². The summed E-state index contributed by atoms with van der Waals surface area (Å²) in [5.74, 6) is 7.42. The zero-order valence-corrected chi connectivity index (χ0v) is 45.6. The molecule has 1 atom stereocenters.